The van der Waals surface area contributed by atoms with Crippen molar-refractivity contribution in [3.63, 3.8) is 0 Å². The third-order valence-corrected chi connectivity index (χ3v) is 5.91. The first-order valence-corrected chi connectivity index (χ1v) is 8.28. The highest BCUT2D eigenvalue weighted by molar-refractivity contribution is 7.99. The van der Waals surface area contributed by atoms with Crippen LogP contribution < -0.4 is 0 Å². The van der Waals surface area contributed by atoms with Crippen LogP contribution in [0, 0.1) is 5.41 Å². The number of likely N-dealkylation sites (tertiary alicyclic amines) is 1. The Morgan fingerprint density at radius 1 is 1.35 bits per heavy atom. The van der Waals surface area contributed by atoms with Crippen LogP contribution in [-0.2, 0) is 4.79 Å². The Balaban J connectivity index is 1.75. The van der Waals surface area contributed by atoms with Crippen molar-refractivity contribution in [2.24, 2.45) is 5.41 Å². The summed E-state index contributed by atoms with van der Waals surface area (Å²) in [4.78, 5) is 15.2. The van der Waals surface area contributed by atoms with Crippen molar-refractivity contribution >= 4 is 17.7 Å². The lowest BCUT2D eigenvalue weighted by molar-refractivity contribution is -0.151. The molecule has 4 heteroatoms. The summed E-state index contributed by atoms with van der Waals surface area (Å²) in [6.45, 7) is 3.68. The molecule has 0 bridgehead atoms. The number of thioether (sulfide) groups is 1. The minimum absolute atomic E-state index is 0.478. The normalized spacial score (nSPS) is 25.9. The third-order valence-electron chi connectivity index (χ3n) is 4.79. The molecule has 0 amide bonds. The Morgan fingerprint density at radius 3 is 2.75 bits per heavy atom. The smallest absolute Gasteiger partial charge is 0.309 e. The highest BCUT2D eigenvalue weighted by atomic mass is 32.2. The predicted molar refractivity (Wildman–Crippen MR) is 81.1 cm³/mol. The third kappa shape index (κ3) is 2.47. The number of fused-ring (bicyclic) bond motifs is 1. The van der Waals surface area contributed by atoms with Gasteiger partial charge in [0.05, 0.1) is 5.41 Å². The number of nitrogens with zero attached hydrogens (tertiary/aromatic N) is 1. The molecule has 3 nitrogen and oxygen atoms in total. The van der Waals surface area contributed by atoms with E-state index in [-0.39, 0.29) is 0 Å². The molecule has 2 aliphatic rings. The Hall–Kier alpha value is -1.00. The summed E-state index contributed by atoms with van der Waals surface area (Å²) in [5, 5.41) is 9.33. The molecule has 1 atom stereocenters. The summed E-state index contributed by atoms with van der Waals surface area (Å²) in [5.74, 6) is 0.519. The fourth-order valence-corrected chi connectivity index (χ4v) is 4.35. The molecule has 0 saturated carbocycles. The fraction of sp³-hybridized carbons (Fsp3) is 0.562. The molecule has 3 rings (SSSR count). The number of carboxylic acid groups (broad SMARTS) is 1. The van der Waals surface area contributed by atoms with Crippen LogP contribution in [0.25, 0.3) is 0 Å². The van der Waals surface area contributed by atoms with E-state index < -0.39 is 11.4 Å². The number of hydrogen-bond acceptors (Lipinski definition) is 3. The molecule has 2 aliphatic heterocycles. The van der Waals surface area contributed by atoms with Crippen molar-refractivity contribution in [1.82, 2.24) is 4.90 Å². The highest BCUT2D eigenvalue weighted by Gasteiger charge is 2.39. The standard InChI is InChI=1S/C16H21NO2S/c1-16(15(18)19)7-9-17(10-8-16)13-6-11-20-14-5-3-2-4-12(13)14/h2-5,13H,6-11H2,1H3,(H,18,19). The van der Waals surface area contributed by atoms with Gasteiger partial charge < -0.3 is 5.11 Å². The quantitative estimate of drug-likeness (QED) is 0.906. The molecule has 0 aromatic heterocycles. The van der Waals surface area contributed by atoms with Gasteiger partial charge in [-0.25, -0.2) is 0 Å². The van der Waals surface area contributed by atoms with Crippen LogP contribution in [0.4, 0.5) is 0 Å². The Morgan fingerprint density at radius 2 is 2.05 bits per heavy atom. The van der Waals surface area contributed by atoms with Gasteiger partial charge in [-0.2, -0.15) is 0 Å². The van der Waals surface area contributed by atoms with Crippen molar-refractivity contribution in [3.05, 3.63) is 29.8 Å². The molecule has 20 heavy (non-hydrogen) atoms. The van der Waals surface area contributed by atoms with Crippen molar-refractivity contribution < 1.29 is 9.90 Å². The first-order chi connectivity index (χ1) is 9.60. The van der Waals surface area contributed by atoms with Gasteiger partial charge in [0, 0.05) is 10.9 Å². The molecule has 1 aromatic carbocycles. The number of aliphatic carboxylic acids is 1. The van der Waals surface area contributed by atoms with E-state index in [2.05, 4.69) is 29.2 Å². The summed E-state index contributed by atoms with van der Waals surface area (Å²) < 4.78 is 0. The molecular formula is C16H21NO2S. The van der Waals surface area contributed by atoms with E-state index in [0.717, 1.165) is 31.7 Å². The van der Waals surface area contributed by atoms with Gasteiger partial charge in [0.25, 0.3) is 0 Å². The van der Waals surface area contributed by atoms with Gasteiger partial charge >= 0.3 is 5.97 Å². The van der Waals surface area contributed by atoms with Crippen LogP contribution in [0.15, 0.2) is 29.2 Å². The molecule has 0 aliphatic carbocycles. The molecule has 0 spiro atoms. The van der Waals surface area contributed by atoms with Crippen LogP contribution in [0.5, 0.6) is 0 Å². The second kappa shape index (κ2) is 5.41. The summed E-state index contributed by atoms with van der Waals surface area (Å²) in [5.41, 5.74) is 0.905. The van der Waals surface area contributed by atoms with E-state index in [4.69, 9.17) is 0 Å². The second-order valence-corrected chi connectivity index (χ2v) is 7.23. The number of piperidine rings is 1. The van der Waals surface area contributed by atoms with Crippen molar-refractivity contribution in [2.45, 2.75) is 37.1 Å². The molecular weight excluding hydrogens is 270 g/mol. The van der Waals surface area contributed by atoms with E-state index in [0.29, 0.717) is 6.04 Å². The number of carboxylic acids is 1. The highest BCUT2D eigenvalue weighted by Crippen LogP contribution is 2.42. The molecule has 0 radical (unpaired) electrons. The average Bonchev–Trinajstić information content (AvgIpc) is 2.47. The topological polar surface area (TPSA) is 40.5 Å². The van der Waals surface area contributed by atoms with Gasteiger partial charge in [0.2, 0.25) is 0 Å². The van der Waals surface area contributed by atoms with E-state index in [9.17, 15) is 9.90 Å². The van der Waals surface area contributed by atoms with Crippen LogP contribution in [0.2, 0.25) is 0 Å². The lowest BCUT2D eigenvalue weighted by Gasteiger charge is -2.42. The largest absolute Gasteiger partial charge is 0.481 e. The molecule has 1 aromatic rings. The Kier molecular flexibility index (Phi) is 3.78. The minimum Gasteiger partial charge on any atom is -0.481 e. The molecule has 1 saturated heterocycles. The summed E-state index contributed by atoms with van der Waals surface area (Å²) in [6.07, 6.45) is 2.69. The number of benzene rings is 1. The van der Waals surface area contributed by atoms with E-state index in [1.54, 1.807) is 0 Å². The maximum Gasteiger partial charge on any atom is 0.309 e. The SMILES string of the molecule is CC1(C(=O)O)CCN(C2CCSc3ccccc32)CC1. The van der Waals surface area contributed by atoms with Gasteiger partial charge in [0.1, 0.15) is 0 Å². The van der Waals surface area contributed by atoms with E-state index >= 15 is 0 Å². The molecule has 1 unspecified atom stereocenters. The fourth-order valence-electron chi connectivity index (χ4n) is 3.25. The number of carbonyl (C=O) groups is 1. The Bertz CT molecular complexity index is 509. The molecule has 1 N–H and O–H groups in total. The summed E-state index contributed by atoms with van der Waals surface area (Å²) in [7, 11) is 0. The zero-order valence-corrected chi connectivity index (χ0v) is 12.7. The molecule has 1 fully saturated rings. The van der Waals surface area contributed by atoms with Crippen LogP contribution in [0.3, 0.4) is 0 Å². The second-order valence-electron chi connectivity index (χ2n) is 6.09. The van der Waals surface area contributed by atoms with Crippen LogP contribution >= 0.6 is 11.8 Å². The zero-order valence-electron chi connectivity index (χ0n) is 11.8. The van der Waals surface area contributed by atoms with Gasteiger partial charge in [-0.15, -0.1) is 11.8 Å². The lowest BCUT2D eigenvalue weighted by atomic mass is 9.80. The first kappa shape index (κ1) is 14.0. The molecule has 2 heterocycles. The summed E-state index contributed by atoms with van der Waals surface area (Å²) >= 11 is 1.94. The Labute approximate surface area is 124 Å². The zero-order chi connectivity index (χ0) is 14.2. The van der Waals surface area contributed by atoms with E-state index in [1.807, 2.05) is 18.7 Å². The maximum atomic E-state index is 11.3. The first-order valence-electron chi connectivity index (χ1n) is 7.29. The van der Waals surface area contributed by atoms with E-state index in [1.165, 1.54) is 16.9 Å². The van der Waals surface area contributed by atoms with Gasteiger partial charge in [-0.3, -0.25) is 9.69 Å². The van der Waals surface area contributed by atoms with Crippen LogP contribution in [0.1, 0.15) is 37.8 Å². The van der Waals surface area contributed by atoms with Crippen molar-refractivity contribution in [3.8, 4) is 0 Å². The van der Waals surface area contributed by atoms with Gasteiger partial charge in [-0.05, 0) is 56.7 Å². The average molecular weight is 291 g/mol. The van der Waals surface area contributed by atoms with Gasteiger partial charge in [0.15, 0.2) is 0 Å². The maximum absolute atomic E-state index is 11.3. The van der Waals surface area contributed by atoms with Crippen molar-refractivity contribution in [2.75, 3.05) is 18.8 Å². The van der Waals surface area contributed by atoms with Crippen LogP contribution in [-0.4, -0.2) is 34.8 Å². The number of rotatable bonds is 2. The lowest BCUT2D eigenvalue weighted by Crippen LogP contribution is -2.44. The predicted octanol–water partition coefficient (Wildman–Crippen LogP) is 3.41. The van der Waals surface area contributed by atoms with Crippen molar-refractivity contribution in [1.29, 1.82) is 0 Å². The van der Waals surface area contributed by atoms with Gasteiger partial charge in [-0.1, -0.05) is 18.2 Å². The summed E-state index contributed by atoms with van der Waals surface area (Å²) in [6, 6.07) is 9.13. The minimum atomic E-state index is -0.642. The monoisotopic (exact) mass is 291 g/mol. The molecule has 108 valence electrons. The number of hydrogen-bond donors (Lipinski definition) is 1.